The highest BCUT2D eigenvalue weighted by molar-refractivity contribution is 6.61. The van der Waals surface area contributed by atoms with E-state index in [2.05, 4.69) is 4.74 Å². The van der Waals surface area contributed by atoms with Gasteiger partial charge in [0.05, 0.1) is 13.2 Å². The van der Waals surface area contributed by atoms with Crippen LogP contribution in [0.3, 0.4) is 0 Å². The Bertz CT molecular complexity index is 489. The lowest BCUT2D eigenvalue weighted by Gasteiger charge is -2.27. The number of ether oxygens (including phenoxy) is 2. The fraction of sp³-hybridized carbons (Fsp3) is 0.538. The maximum absolute atomic E-state index is 13.6. The first-order chi connectivity index (χ1) is 10.4. The second-order valence-corrected chi connectivity index (χ2v) is 4.73. The van der Waals surface area contributed by atoms with Crippen LogP contribution >= 0.6 is 0 Å². The van der Waals surface area contributed by atoms with Crippen LogP contribution in [0.15, 0.2) is 18.2 Å². The van der Waals surface area contributed by atoms with Gasteiger partial charge in [-0.1, -0.05) is 13.0 Å². The van der Waals surface area contributed by atoms with Crippen molar-refractivity contribution in [3.05, 3.63) is 24.0 Å². The molecule has 1 heterocycles. The topological polar surface area (TPSA) is 36.9 Å². The van der Waals surface area contributed by atoms with Crippen LogP contribution in [0.4, 0.5) is 17.6 Å². The molecule has 4 nitrogen and oxygen atoms in total. The zero-order valence-electron chi connectivity index (χ0n) is 11.9. The average Bonchev–Trinajstić information content (AvgIpc) is 2.46. The molecular formula is C13H15BF4O4. The molecule has 0 amide bonds. The second-order valence-electron chi connectivity index (χ2n) is 4.73. The molecule has 1 aromatic rings. The Morgan fingerprint density at radius 2 is 1.95 bits per heavy atom. The van der Waals surface area contributed by atoms with Crippen molar-refractivity contribution in [2.24, 2.45) is 0 Å². The number of hydrogen-bond donors (Lipinski definition) is 0. The molecule has 22 heavy (non-hydrogen) atoms. The highest BCUT2D eigenvalue weighted by Gasteiger charge is 2.34. The lowest BCUT2D eigenvalue weighted by atomic mass is 9.78. The van der Waals surface area contributed by atoms with E-state index in [0.717, 1.165) is 18.6 Å². The molecule has 0 spiro atoms. The summed E-state index contributed by atoms with van der Waals surface area (Å²) in [4.78, 5) is 0. The van der Waals surface area contributed by atoms with Gasteiger partial charge in [-0.3, -0.25) is 0 Å². The molecule has 0 atom stereocenters. The molecule has 1 aliphatic rings. The molecule has 1 fully saturated rings. The molecular weight excluding hydrogens is 307 g/mol. The van der Waals surface area contributed by atoms with E-state index in [0.29, 0.717) is 6.61 Å². The van der Waals surface area contributed by atoms with Crippen LogP contribution < -0.4 is 10.2 Å². The van der Waals surface area contributed by atoms with E-state index in [9.17, 15) is 17.6 Å². The summed E-state index contributed by atoms with van der Waals surface area (Å²) in [7, 11) is -0.837. The third kappa shape index (κ3) is 4.86. The normalized spacial score (nSPS) is 16.9. The smallest absolute Gasteiger partial charge is 0.404 e. The maximum atomic E-state index is 13.6. The van der Waals surface area contributed by atoms with Crippen molar-refractivity contribution in [1.29, 1.82) is 0 Å². The zero-order valence-corrected chi connectivity index (χ0v) is 11.9. The highest BCUT2D eigenvalue weighted by atomic mass is 19.4. The summed E-state index contributed by atoms with van der Waals surface area (Å²) in [5.74, 6) is -2.03. The minimum atomic E-state index is -4.94. The lowest BCUT2D eigenvalue weighted by Crippen LogP contribution is -2.47. The van der Waals surface area contributed by atoms with Crippen molar-refractivity contribution in [3.8, 4) is 5.75 Å². The molecule has 1 aliphatic heterocycles. The number of alkyl halides is 3. The van der Waals surface area contributed by atoms with Gasteiger partial charge in [-0.25, -0.2) is 4.39 Å². The molecule has 122 valence electrons. The van der Waals surface area contributed by atoms with Gasteiger partial charge in [0.1, 0.15) is 6.10 Å². The summed E-state index contributed by atoms with van der Waals surface area (Å²) in [6, 6.07) is 3.06. The molecule has 0 saturated carbocycles. The third-order valence-corrected chi connectivity index (χ3v) is 2.88. The van der Waals surface area contributed by atoms with Gasteiger partial charge in [0.25, 0.3) is 0 Å². The van der Waals surface area contributed by atoms with Crippen LogP contribution in [-0.4, -0.2) is 39.4 Å². The lowest BCUT2D eigenvalue weighted by molar-refractivity contribution is -0.275. The van der Waals surface area contributed by atoms with E-state index in [1.807, 2.05) is 6.92 Å². The van der Waals surface area contributed by atoms with Gasteiger partial charge in [0.15, 0.2) is 11.6 Å². The quantitative estimate of drug-likeness (QED) is 0.616. The molecule has 0 radical (unpaired) electrons. The van der Waals surface area contributed by atoms with Crippen molar-refractivity contribution in [2.75, 3.05) is 19.8 Å². The standard InChI is InChI=1S/C13H15BF4O4/c1-2-5-19-10-7-20-14(21-8-10)9-3-4-12(11(15)6-9)22-13(16,17)18/h3-4,6,10H,2,5,7-8H2,1H3. The molecule has 1 aromatic carbocycles. The molecule has 1 saturated heterocycles. The Balaban J connectivity index is 1.95. The van der Waals surface area contributed by atoms with Crippen LogP contribution in [0.25, 0.3) is 0 Å². The van der Waals surface area contributed by atoms with Gasteiger partial charge in [0.2, 0.25) is 0 Å². The number of benzene rings is 1. The summed E-state index contributed by atoms with van der Waals surface area (Å²) in [5.41, 5.74) is 0.279. The largest absolute Gasteiger partial charge is 0.573 e. The van der Waals surface area contributed by atoms with Crippen LogP contribution in [0.1, 0.15) is 13.3 Å². The van der Waals surface area contributed by atoms with Crippen LogP contribution in [0, 0.1) is 5.82 Å². The van der Waals surface area contributed by atoms with E-state index in [1.54, 1.807) is 0 Å². The van der Waals surface area contributed by atoms with Crippen molar-refractivity contribution in [2.45, 2.75) is 25.8 Å². The Morgan fingerprint density at radius 3 is 2.50 bits per heavy atom. The molecule has 0 N–H and O–H groups in total. The Labute approximate surface area is 125 Å². The maximum Gasteiger partial charge on any atom is 0.573 e. The van der Waals surface area contributed by atoms with E-state index < -0.39 is 25.0 Å². The third-order valence-electron chi connectivity index (χ3n) is 2.88. The van der Waals surface area contributed by atoms with Gasteiger partial charge in [-0.2, -0.15) is 0 Å². The predicted molar refractivity (Wildman–Crippen MR) is 70.4 cm³/mol. The van der Waals surface area contributed by atoms with E-state index in [1.165, 1.54) is 6.07 Å². The minimum absolute atomic E-state index is 0.200. The first kappa shape index (κ1) is 17.0. The second kappa shape index (κ2) is 7.30. The van der Waals surface area contributed by atoms with Gasteiger partial charge in [-0.15, -0.1) is 13.2 Å². The molecule has 0 bridgehead atoms. The summed E-state index contributed by atoms with van der Waals surface area (Å²) in [5, 5.41) is 0. The van der Waals surface area contributed by atoms with Gasteiger partial charge >= 0.3 is 13.5 Å². The summed E-state index contributed by atoms with van der Waals surface area (Å²) in [6.45, 7) is 3.10. The average molecular weight is 322 g/mol. The molecule has 2 rings (SSSR count). The fourth-order valence-corrected chi connectivity index (χ4v) is 1.93. The van der Waals surface area contributed by atoms with Crippen molar-refractivity contribution >= 4 is 12.6 Å². The Morgan fingerprint density at radius 1 is 1.27 bits per heavy atom. The number of rotatable bonds is 5. The van der Waals surface area contributed by atoms with Gasteiger partial charge < -0.3 is 18.8 Å². The first-order valence-corrected chi connectivity index (χ1v) is 6.79. The van der Waals surface area contributed by atoms with Gasteiger partial charge in [0, 0.05) is 6.61 Å². The van der Waals surface area contributed by atoms with Crippen molar-refractivity contribution < 1.29 is 36.3 Å². The molecule has 9 heteroatoms. The van der Waals surface area contributed by atoms with Crippen LogP contribution in [-0.2, 0) is 14.0 Å². The fourth-order valence-electron chi connectivity index (χ4n) is 1.93. The summed E-state index contributed by atoms with van der Waals surface area (Å²) in [6.07, 6.45) is -4.27. The Kier molecular flexibility index (Phi) is 5.66. The zero-order chi connectivity index (χ0) is 16.2. The van der Waals surface area contributed by atoms with Crippen molar-refractivity contribution in [1.82, 2.24) is 0 Å². The van der Waals surface area contributed by atoms with E-state index in [4.69, 9.17) is 14.0 Å². The number of hydrogen-bond acceptors (Lipinski definition) is 4. The van der Waals surface area contributed by atoms with Gasteiger partial charge in [-0.05, 0) is 24.0 Å². The SMILES string of the molecule is CCCOC1COB(c2ccc(OC(F)(F)F)c(F)c2)OC1. The van der Waals surface area contributed by atoms with E-state index in [-0.39, 0.29) is 24.8 Å². The first-order valence-electron chi connectivity index (χ1n) is 6.79. The summed E-state index contributed by atoms with van der Waals surface area (Å²) >= 11 is 0. The monoisotopic (exact) mass is 322 g/mol. The Hall–Kier alpha value is -1.32. The summed E-state index contributed by atoms with van der Waals surface area (Å²) < 4.78 is 69.6. The highest BCUT2D eigenvalue weighted by Crippen LogP contribution is 2.24. The molecule has 0 unspecified atom stereocenters. The number of halogens is 4. The van der Waals surface area contributed by atoms with Crippen LogP contribution in [0.2, 0.25) is 0 Å². The predicted octanol–water partition coefficient (Wildman–Crippen LogP) is 2.26. The molecule has 0 aromatic heterocycles. The van der Waals surface area contributed by atoms with E-state index >= 15 is 0 Å². The minimum Gasteiger partial charge on any atom is -0.404 e. The molecule has 0 aliphatic carbocycles. The van der Waals surface area contributed by atoms with Crippen molar-refractivity contribution in [3.63, 3.8) is 0 Å². The van der Waals surface area contributed by atoms with Crippen LogP contribution in [0.5, 0.6) is 5.75 Å².